The Bertz CT molecular complexity index is 1310. The highest BCUT2D eigenvalue weighted by Gasteiger charge is 2.29. The van der Waals surface area contributed by atoms with Gasteiger partial charge in [0, 0.05) is 56.6 Å². The molecule has 0 spiro atoms. The molecule has 11 heteroatoms. The van der Waals surface area contributed by atoms with Crippen molar-refractivity contribution in [1.29, 1.82) is 0 Å². The van der Waals surface area contributed by atoms with E-state index in [-0.39, 0.29) is 33.6 Å². The molecule has 1 N–H and O–H groups in total. The summed E-state index contributed by atoms with van der Waals surface area (Å²) in [6.07, 6.45) is 0. The van der Waals surface area contributed by atoms with Crippen molar-refractivity contribution < 1.29 is 13.3 Å². The summed E-state index contributed by atoms with van der Waals surface area (Å²) in [5.41, 5.74) is 2.54. The lowest BCUT2D eigenvalue weighted by molar-refractivity contribution is -0.385. The highest BCUT2D eigenvalue weighted by molar-refractivity contribution is 7.89. The molecule has 0 radical (unpaired) electrons. The van der Waals surface area contributed by atoms with Crippen molar-refractivity contribution in [1.82, 2.24) is 9.62 Å². The van der Waals surface area contributed by atoms with Crippen LogP contribution >= 0.6 is 23.2 Å². The molecule has 0 unspecified atom stereocenters. The fourth-order valence-corrected chi connectivity index (χ4v) is 5.81. The van der Waals surface area contributed by atoms with Crippen molar-refractivity contribution in [2.75, 3.05) is 31.1 Å². The van der Waals surface area contributed by atoms with E-state index in [1.165, 1.54) is 28.6 Å². The monoisotopic (exact) mass is 534 g/mol. The van der Waals surface area contributed by atoms with Gasteiger partial charge in [0.1, 0.15) is 0 Å². The Morgan fingerprint density at radius 3 is 2.26 bits per heavy atom. The smallest absolute Gasteiger partial charge is 0.274 e. The normalized spacial score (nSPS) is 14.7. The fraction of sp³-hybridized carbons (Fsp3) is 0.250. The summed E-state index contributed by atoms with van der Waals surface area (Å²) in [4.78, 5) is 13.3. The summed E-state index contributed by atoms with van der Waals surface area (Å²) in [7, 11) is -3.71. The van der Waals surface area contributed by atoms with E-state index in [1.54, 1.807) is 12.1 Å². The molecule has 35 heavy (non-hydrogen) atoms. The predicted molar refractivity (Wildman–Crippen MR) is 138 cm³/mol. The lowest BCUT2D eigenvalue weighted by atomic mass is 10.1. The highest BCUT2D eigenvalue weighted by atomic mass is 35.5. The van der Waals surface area contributed by atoms with Gasteiger partial charge in [-0.1, -0.05) is 53.5 Å². The first-order valence-electron chi connectivity index (χ1n) is 11.0. The summed E-state index contributed by atoms with van der Waals surface area (Å²) >= 11 is 11.9. The van der Waals surface area contributed by atoms with Gasteiger partial charge in [-0.15, -0.1) is 0 Å². The van der Waals surface area contributed by atoms with E-state index in [2.05, 4.69) is 5.32 Å². The molecule has 0 amide bonds. The molecule has 8 nitrogen and oxygen atoms in total. The summed E-state index contributed by atoms with van der Waals surface area (Å²) in [5.74, 6) is 0. The van der Waals surface area contributed by atoms with Crippen LogP contribution in [0.2, 0.25) is 10.0 Å². The molecule has 184 valence electrons. The maximum atomic E-state index is 13.0. The molecule has 1 aliphatic rings. The van der Waals surface area contributed by atoms with Crippen molar-refractivity contribution in [2.45, 2.75) is 18.0 Å². The molecule has 0 aromatic heterocycles. The topological polar surface area (TPSA) is 95.8 Å². The molecule has 1 fully saturated rings. The van der Waals surface area contributed by atoms with Crippen LogP contribution in [0.25, 0.3) is 0 Å². The first kappa shape index (κ1) is 25.4. The summed E-state index contributed by atoms with van der Waals surface area (Å²) < 4.78 is 27.5. The molecule has 3 aromatic carbocycles. The Hall–Kier alpha value is -2.69. The van der Waals surface area contributed by atoms with Gasteiger partial charge in [0.05, 0.1) is 19.9 Å². The molecular weight excluding hydrogens is 511 g/mol. The minimum Gasteiger partial charge on any atom is -0.369 e. The predicted octanol–water partition coefficient (Wildman–Crippen LogP) is 4.70. The van der Waals surface area contributed by atoms with Gasteiger partial charge >= 0.3 is 0 Å². The van der Waals surface area contributed by atoms with Crippen LogP contribution in [-0.2, 0) is 23.1 Å². The van der Waals surface area contributed by atoms with Crippen molar-refractivity contribution >= 4 is 44.6 Å². The van der Waals surface area contributed by atoms with E-state index in [9.17, 15) is 18.5 Å². The van der Waals surface area contributed by atoms with Crippen molar-refractivity contribution in [2.24, 2.45) is 0 Å². The molecule has 3 aromatic rings. The quantitative estimate of drug-likeness (QED) is 0.332. The Labute approximate surface area is 214 Å². The number of rotatable bonds is 8. The third-order valence-electron chi connectivity index (χ3n) is 5.88. The van der Waals surface area contributed by atoms with E-state index >= 15 is 0 Å². The number of piperazine rings is 1. The largest absolute Gasteiger partial charge is 0.369 e. The third-order valence-corrected chi connectivity index (χ3v) is 8.51. The van der Waals surface area contributed by atoms with Gasteiger partial charge in [-0.3, -0.25) is 10.1 Å². The highest BCUT2D eigenvalue weighted by Crippen LogP contribution is 2.29. The first-order valence-corrected chi connectivity index (χ1v) is 13.2. The van der Waals surface area contributed by atoms with E-state index in [4.69, 9.17) is 23.2 Å². The number of sulfonamides is 1. The number of nitrogens with zero attached hydrogens (tertiary/aromatic N) is 3. The number of benzene rings is 3. The second-order valence-electron chi connectivity index (χ2n) is 8.13. The zero-order valence-electron chi connectivity index (χ0n) is 18.7. The van der Waals surface area contributed by atoms with Gasteiger partial charge < -0.3 is 10.2 Å². The van der Waals surface area contributed by atoms with Crippen LogP contribution in [0.5, 0.6) is 0 Å². The Balaban J connectivity index is 1.44. The Morgan fingerprint density at radius 2 is 1.60 bits per heavy atom. The molecule has 0 atom stereocenters. The summed E-state index contributed by atoms with van der Waals surface area (Å²) in [5, 5.41) is 15.3. The lowest BCUT2D eigenvalue weighted by Crippen LogP contribution is -2.48. The minimum atomic E-state index is -3.71. The maximum Gasteiger partial charge on any atom is 0.274 e. The van der Waals surface area contributed by atoms with Crippen molar-refractivity contribution in [3.63, 3.8) is 0 Å². The van der Waals surface area contributed by atoms with Crippen molar-refractivity contribution in [3.05, 3.63) is 98.0 Å². The number of hydrogen-bond acceptors (Lipinski definition) is 6. The number of nitro benzene ring substituents is 1. The average molecular weight is 535 g/mol. The second kappa shape index (κ2) is 10.9. The number of nitrogens with one attached hydrogen (secondary N) is 1. The first-order chi connectivity index (χ1) is 16.8. The summed E-state index contributed by atoms with van der Waals surface area (Å²) in [6, 6.07) is 19.1. The number of nitro groups is 1. The van der Waals surface area contributed by atoms with E-state index in [1.807, 2.05) is 35.2 Å². The zero-order chi connectivity index (χ0) is 25.0. The van der Waals surface area contributed by atoms with Gasteiger partial charge in [0.2, 0.25) is 10.0 Å². The van der Waals surface area contributed by atoms with Crippen LogP contribution in [0, 0.1) is 10.1 Å². The SMILES string of the molecule is O=[N+]([O-])c1ccc(N2CCN(S(=O)(=O)c3ccc(Cl)c(Cl)c3)CC2)cc1CNCc1ccccc1. The van der Waals surface area contributed by atoms with Gasteiger partial charge in [0.15, 0.2) is 0 Å². The molecule has 0 aliphatic carbocycles. The molecule has 0 bridgehead atoms. The number of anilines is 1. The van der Waals surface area contributed by atoms with Crippen LogP contribution in [0.1, 0.15) is 11.1 Å². The molecule has 1 aliphatic heterocycles. The summed E-state index contributed by atoms with van der Waals surface area (Å²) in [6.45, 7) is 2.39. The van der Waals surface area contributed by atoms with Crippen LogP contribution in [0.15, 0.2) is 71.6 Å². The second-order valence-corrected chi connectivity index (χ2v) is 10.9. The van der Waals surface area contributed by atoms with Crippen LogP contribution in [0.3, 0.4) is 0 Å². The molecule has 1 heterocycles. The lowest BCUT2D eigenvalue weighted by Gasteiger charge is -2.35. The van der Waals surface area contributed by atoms with Gasteiger partial charge in [-0.25, -0.2) is 8.42 Å². The van der Waals surface area contributed by atoms with Gasteiger partial charge in [0.25, 0.3) is 5.69 Å². The van der Waals surface area contributed by atoms with Crippen LogP contribution in [0.4, 0.5) is 11.4 Å². The number of hydrogen-bond donors (Lipinski definition) is 1. The van der Waals surface area contributed by atoms with E-state index in [0.29, 0.717) is 36.8 Å². The molecule has 1 saturated heterocycles. The third kappa shape index (κ3) is 5.94. The minimum absolute atomic E-state index is 0.0511. The van der Waals surface area contributed by atoms with Gasteiger partial charge in [-0.05, 0) is 35.9 Å². The molecule has 0 saturated carbocycles. The average Bonchev–Trinajstić information content (AvgIpc) is 2.86. The number of halogens is 2. The fourth-order valence-electron chi connectivity index (χ4n) is 4.00. The Morgan fingerprint density at radius 1 is 0.886 bits per heavy atom. The zero-order valence-corrected chi connectivity index (χ0v) is 21.1. The maximum absolute atomic E-state index is 13.0. The van der Waals surface area contributed by atoms with E-state index < -0.39 is 10.0 Å². The van der Waals surface area contributed by atoms with E-state index in [0.717, 1.165) is 11.3 Å². The Kier molecular flexibility index (Phi) is 7.93. The van der Waals surface area contributed by atoms with Crippen LogP contribution in [-0.4, -0.2) is 43.8 Å². The van der Waals surface area contributed by atoms with Crippen molar-refractivity contribution in [3.8, 4) is 0 Å². The standard InChI is InChI=1S/C24H24Cl2N4O4S/c25-22-8-7-21(15-23(22)26)35(33,34)29-12-10-28(11-13-29)20-6-9-24(30(31)32)19(14-20)17-27-16-18-4-2-1-3-5-18/h1-9,14-15,27H,10-13,16-17H2. The van der Waals surface area contributed by atoms with Crippen LogP contribution < -0.4 is 10.2 Å². The molecular formula is C24H24Cl2N4O4S. The molecule has 4 rings (SSSR count). The van der Waals surface area contributed by atoms with Gasteiger partial charge in [-0.2, -0.15) is 4.31 Å².